The largest absolute Gasteiger partial charge is 0.416 e. The second-order valence-corrected chi connectivity index (χ2v) is 21.7. The number of nitrogens with zero attached hydrogens (tertiary/aromatic N) is 3. The highest BCUT2D eigenvalue weighted by molar-refractivity contribution is 7.86. The number of rotatable bonds is 14. The Morgan fingerprint density at radius 3 is 1.27 bits per heavy atom. The molecule has 0 saturated carbocycles. The molecule has 4 fully saturated rings. The third-order valence-electron chi connectivity index (χ3n) is 14.6. The highest BCUT2D eigenvalue weighted by Gasteiger charge is 2.55. The number of hydrogen-bond acceptors (Lipinski definition) is 10. The van der Waals surface area contributed by atoms with Crippen molar-refractivity contribution in [1.82, 2.24) is 20.4 Å². The SMILES string of the molecule is C[C@@H](OC[C@@]1(c2ccccc2)CC[C@]2(CC#N)CN1CC(=O)N2)c1cc(C(F)(F)F)cc(C(F)(F)F)c1.C[C@@H](OC[C@@]1(c2ccccc2)CC[C@]2(COS(C)(=O)=O)CN1CC(=O)N2)c1cc(C(F)(F)F)cc(C(F)(F)F)c1. The van der Waals surface area contributed by atoms with Gasteiger partial charge in [-0.3, -0.25) is 23.6 Å². The van der Waals surface area contributed by atoms with Gasteiger partial charge in [-0.2, -0.15) is 66.4 Å². The van der Waals surface area contributed by atoms with Crippen LogP contribution in [-0.4, -0.2) is 93.4 Å². The molecular weight excluding hydrogens is 1070 g/mol. The highest BCUT2D eigenvalue weighted by atomic mass is 32.2. The number of piperidine rings is 2. The van der Waals surface area contributed by atoms with Crippen LogP contribution in [0.15, 0.2) is 97.1 Å². The number of piperazine rings is 2. The van der Waals surface area contributed by atoms with Crippen LogP contribution in [0, 0.1) is 11.3 Å². The number of alkyl halides is 12. The van der Waals surface area contributed by atoms with Gasteiger partial charge in [0.2, 0.25) is 11.8 Å². The summed E-state index contributed by atoms with van der Waals surface area (Å²) in [5, 5.41) is 15.1. The summed E-state index contributed by atoms with van der Waals surface area (Å²) in [6.07, 6.45) is -19.7. The van der Waals surface area contributed by atoms with E-state index >= 15 is 0 Å². The third-order valence-corrected chi connectivity index (χ3v) is 15.1. The van der Waals surface area contributed by atoms with Crippen molar-refractivity contribution in [2.24, 2.45) is 0 Å². The van der Waals surface area contributed by atoms with Crippen molar-refractivity contribution in [2.75, 3.05) is 52.3 Å². The molecule has 2 N–H and O–H groups in total. The van der Waals surface area contributed by atoms with Crippen LogP contribution in [0.2, 0.25) is 0 Å². The zero-order valence-corrected chi connectivity index (χ0v) is 42.3. The standard InChI is InChI=1S/C26H25F6N3O2.C26H28F6N2O5S/c1-17(18-11-20(25(27,28)29)13-21(12-18)26(30,31)32)37-16-24(19-5-3-2-4-6-19)8-7-23(9-10-33)15-35(24)14-22(36)34-23;1-17(18-10-20(25(27,28)29)12-21(11-18)26(30,31)32)38-16-24(19-6-4-3-5-7-19)9-8-23(15-39-40(2,36)37)14-34(24)13-22(35)33-23/h2-6,11-13,17H,7-9,14-16H2,1H3,(H,34,36);3-7,10-12,17H,8-9,13-16H2,1-2H3,(H,33,35)/t17-,23+,24-;17-,23-,24-/m11/s1. The lowest BCUT2D eigenvalue weighted by atomic mass is 9.72. The van der Waals surface area contributed by atoms with Gasteiger partial charge in [0.25, 0.3) is 10.1 Å². The van der Waals surface area contributed by atoms with Crippen LogP contribution >= 0.6 is 0 Å². The molecule has 12 nitrogen and oxygen atoms in total. The number of halogens is 12. The van der Waals surface area contributed by atoms with E-state index in [4.69, 9.17) is 13.7 Å². The van der Waals surface area contributed by atoms with E-state index in [1.807, 2.05) is 35.2 Å². The minimum atomic E-state index is -5.00. The lowest BCUT2D eigenvalue weighted by Crippen LogP contribution is -2.73. The lowest BCUT2D eigenvalue weighted by Gasteiger charge is -2.56. The first-order valence-corrected chi connectivity index (χ1v) is 25.8. The number of benzene rings is 4. The molecule has 8 rings (SSSR count). The van der Waals surface area contributed by atoms with E-state index < -0.39 is 91.4 Å². The molecule has 4 aromatic rings. The number of ether oxygens (including phenoxy) is 2. The Morgan fingerprint density at radius 1 is 0.571 bits per heavy atom. The van der Waals surface area contributed by atoms with E-state index in [2.05, 4.69) is 16.7 Å². The van der Waals surface area contributed by atoms with E-state index in [0.29, 0.717) is 50.1 Å². The fraction of sp³-hybridized carbons (Fsp3) is 0.481. The van der Waals surface area contributed by atoms with Crippen molar-refractivity contribution in [2.45, 2.75) is 105 Å². The average Bonchev–Trinajstić information content (AvgIpc) is 3.45. The lowest BCUT2D eigenvalue weighted by molar-refractivity contribution is -0.146. The molecule has 4 aliphatic rings. The van der Waals surface area contributed by atoms with Crippen LogP contribution in [-0.2, 0) is 69.1 Å². The Hall–Kier alpha value is -5.78. The molecule has 4 heterocycles. The molecule has 25 heteroatoms. The summed E-state index contributed by atoms with van der Waals surface area (Å²) in [6.45, 7) is 2.71. The maximum atomic E-state index is 13.4. The van der Waals surface area contributed by atoms with Crippen LogP contribution in [0.25, 0.3) is 0 Å². The number of carbonyl (C=O) groups is 2. The van der Waals surface area contributed by atoms with E-state index in [1.165, 1.54) is 13.8 Å². The molecular formula is C52H53F12N5O7S. The van der Waals surface area contributed by atoms with Gasteiger partial charge in [-0.05, 0) is 98.2 Å². The van der Waals surface area contributed by atoms with Crippen LogP contribution in [0.5, 0.6) is 0 Å². The number of fused-ring (bicyclic) bond motifs is 4. The van der Waals surface area contributed by atoms with E-state index in [-0.39, 0.29) is 87.4 Å². The summed E-state index contributed by atoms with van der Waals surface area (Å²) in [4.78, 5) is 29.0. The van der Waals surface area contributed by atoms with E-state index in [9.17, 15) is 76.0 Å². The van der Waals surface area contributed by atoms with Crippen LogP contribution in [0.1, 0.15) is 103 Å². The van der Waals surface area contributed by atoms with Gasteiger partial charge >= 0.3 is 24.7 Å². The molecule has 77 heavy (non-hydrogen) atoms. The van der Waals surface area contributed by atoms with Gasteiger partial charge in [0.15, 0.2) is 0 Å². The average molecular weight is 1120 g/mol. The van der Waals surface area contributed by atoms with Gasteiger partial charge in [-0.1, -0.05) is 60.7 Å². The van der Waals surface area contributed by atoms with Crippen molar-refractivity contribution in [1.29, 1.82) is 5.26 Å². The maximum absolute atomic E-state index is 13.4. The summed E-state index contributed by atoms with van der Waals surface area (Å²) in [7, 11) is -3.80. The van der Waals surface area contributed by atoms with Gasteiger partial charge < -0.3 is 20.1 Å². The third kappa shape index (κ3) is 13.6. The van der Waals surface area contributed by atoms with Crippen molar-refractivity contribution in [3.63, 3.8) is 0 Å². The normalized spacial score (nSPS) is 26.5. The minimum Gasteiger partial charge on any atom is -0.372 e. The van der Waals surface area contributed by atoms with Crippen molar-refractivity contribution >= 4 is 21.9 Å². The number of nitriles is 1. The van der Waals surface area contributed by atoms with E-state index in [1.54, 1.807) is 35.2 Å². The van der Waals surface area contributed by atoms with Crippen molar-refractivity contribution in [3.05, 3.63) is 142 Å². The second-order valence-electron chi connectivity index (χ2n) is 20.1. The summed E-state index contributed by atoms with van der Waals surface area (Å²) in [5.74, 6) is -0.647. The molecule has 0 aromatic heterocycles. The zero-order chi connectivity index (χ0) is 56.6. The summed E-state index contributed by atoms with van der Waals surface area (Å²) >= 11 is 0. The molecule has 4 saturated heterocycles. The van der Waals surface area contributed by atoms with Gasteiger partial charge in [-0.25, -0.2) is 0 Å². The van der Waals surface area contributed by atoms with Gasteiger partial charge in [0.05, 0.1) is 108 Å². The van der Waals surface area contributed by atoms with Crippen molar-refractivity contribution < 1.29 is 84.3 Å². The molecule has 8 atom stereocenters. The molecule has 4 aromatic carbocycles. The monoisotopic (exact) mass is 1120 g/mol. The van der Waals surface area contributed by atoms with E-state index in [0.717, 1.165) is 17.4 Å². The molecule has 418 valence electrons. The summed E-state index contributed by atoms with van der Waals surface area (Å²) < 4.78 is 201. The number of hydrogen-bond donors (Lipinski definition) is 2. The van der Waals surface area contributed by atoms with Crippen LogP contribution < -0.4 is 10.6 Å². The predicted octanol–water partition coefficient (Wildman–Crippen LogP) is 10.2. The zero-order valence-electron chi connectivity index (χ0n) is 41.5. The summed E-state index contributed by atoms with van der Waals surface area (Å²) in [5.41, 5.74) is -8.27. The maximum Gasteiger partial charge on any atom is 0.416 e. The number of amides is 2. The Bertz CT molecular complexity index is 2880. The Kier molecular flexibility index (Phi) is 16.7. The Labute approximate surface area is 435 Å². The van der Waals surface area contributed by atoms with Crippen LogP contribution in [0.4, 0.5) is 52.7 Å². The highest BCUT2D eigenvalue weighted by Crippen LogP contribution is 2.47. The van der Waals surface area contributed by atoms with Gasteiger partial charge in [0, 0.05) is 13.1 Å². The fourth-order valence-corrected chi connectivity index (χ4v) is 11.0. The van der Waals surface area contributed by atoms with Gasteiger partial charge in [-0.15, -0.1) is 0 Å². The van der Waals surface area contributed by atoms with Gasteiger partial charge in [0.1, 0.15) is 0 Å². The Balaban J connectivity index is 0.000000224. The quantitative estimate of drug-likeness (QED) is 0.0923. The molecule has 0 radical (unpaired) electrons. The smallest absolute Gasteiger partial charge is 0.372 e. The minimum absolute atomic E-state index is 0.0155. The summed E-state index contributed by atoms with van der Waals surface area (Å²) in [6, 6.07) is 22.9. The molecule has 2 amide bonds. The number of nitrogens with one attached hydrogen (secondary N) is 2. The molecule has 4 bridgehead atoms. The first kappa shape index (κ1) is 58.9. The second kappa shape index (κ2) is 21.8. The Morgan fingerprint density at radius 2 is 0.922 bits per heavy atom. The van der Waals surface area contributed by atoms with Crippen LogP contribution in [0.3, 0.4) is 0 Å². The molecule has 0 spiro atoms. The number of carbonyl (C=O) groups excluding carboxylic acids is 2. The fourth-order valence-electron chi connectivity index (χ4n) is 10.5. The first-order valence-electron chi connectivity index (χ1n) is 24.0. The topological polar surface area (TPSA) is 150 Å². The molecule has 2 unspecified atom stereocenters. The van der Waals surface area contributed by atoms with Crippen molar-refractivity contribution in [3.8, 4) is 6.07 Å². The predicted molar refractivity (Wildman–Crippen MR) is 252 cm³/mol. The molecule has 4 aliphatic heterocycles. The molecule has 0 aliphatic carbocycles. The first-order chi connectivity index (χ1) is 35.7.